The van der Waals surface area contributed by atoms with Gasteiger partial charge in [0, 0.05) is 25.4 Å². The van der Waals surface area contributed by atoms with E-state index in [4.69, 9.17) is 0 Å². The molecule has 0 unspecified atom stereocenters. The van der Waals surface area contributed by atoms with E-state index < -0.39 is 5.97 Å². The number of carbonyl (C=O) groups is 1. The number of carboxylic acid groups (broad SMARTS) is 1. The van der Waals surface area contributed by atoms with Gasteiger partial charge in [0.2, 0.25) is 0 Å². The summed E-state index contributed by atoms with van der Waals surface area (Å²) in [6, 6.07) is 0. The maximum absolute atomic E-state index is 10.2. The van der Waals surface area contributed by atoms with Gasteiger partial charge in [-0.2, -0.15) is 0 Å². The molecular weight excluding hydrogens is 314 g/mol. The van der Waals surface area contributed by atoms with Crippen LogP contribution < -0.4 is 5.11 Å². The van der Waals surface area contributed by atoms with E-state index in [1.165, 1.54) is 83.5 Å². The summed E-state index contributed by atoms with van der Waals surface area (Å²) in [6.45, 7) is 2.27. The summed E-state index contributed by atoms with van der Waals surface area (Å²) in [7, 11) is 0. The Morgan fingerprint density at radius 2 is 0.905 bits per heavy atom. The fraction of sp³-hybridized carbons (Fsp3) is 0.944. The van der Waals surface area contributed by atoms with Crippen molar-refractivity contribution in [1.29, 1.82) is 0 Å². The van der Waals surface area contributed by atoms with Gasteiger partial charge in [0.05, 0.1) is 0 Å². The molecule has 0 heterocycles. The van der Waals surface area contributed by atoms with Crippen LogP contribution in [0.25, 0.3) is 0 Å². The molecule has 0 radical (unpaired) electrons. The molecule has 2 nitrogen and oxygen atoms in total. The maximum atomic E-state index is 10.2. The van der Waals surface area contributed by atoms with Crippen LogP contribution in [0.1, 0.15) is 110 Å². The molecule has 0 aliphatic heterocycles. The standard InChI is InChI=1S/C18H36O2.Zn/c1-2-3-4-5-6-7-8-9-10-11-12-13-14-15-16-17-18(19)20;/h2-17H2,1H3,(H,19,20);/p-1. The minimum atomic E-state index is -0.903. The molecule has 0 aromatic carbocycles. The van der Waals surface area contributed by atoms with Crippen molar-refractivity contribution in [1.82, 2.24) is 0 Å². The van der Waals surface area contributed by atoms with Crippen molar-refractivity contribution in [2.75, 3.05) is 0 Å². The van der Waals surface area contributed by atoms with Crippen LogP contribution in [-0.2, 0) is 24.3 Å². The van der Waals surface area contributed by atoms with Crippen LogP contribution in [0.4, 0.5) is 0 Å². The molecule has 0 saturated heterocycles. The van der Waals surface area contributed by atoms with Crippen molar-refractivity contribution in [3.63, 3.8) is 0 Å². The van der Waals surface area contributed by atoms with Gasteiger partial charge in [-0.1, -0.05) is 96.8 Å². The number of carbonyl (C=O) groups excluding carboxylic acids is 1. The van der Waals surface area contributed by atoms with E-state index in [1.54, 1.807) is 0 Å². The first-order valence-electron chi connectivity index (χ1n) is 8.97. The van der Waals surface area contributed by atoms with Gasteiger partial charge in [0.15, 0.2) is 0 Å². The Hall–Kier alpha value is 0.0934. The monoisotopic (exact) mass is 347 g/mol. The second-order valence-corrected chi connectivity index (χ2v) is 6.07. The van der Waals surface area contributed by atoms with E-state index in [1.807, 2.05) is 0 Å². The summed E-state index contributed by atoms with van der Waals surface area (Å²) >= 11 is 0. The smallest absolute Gasteiger partial charge is 0.0414 e. The second kappa shape index (κ2) is 20.1. The number of rotatable bonds is 16. The van der Waals surface area contributed by atoms with Crippen LogP contribution in [0, 0.1) is 0 Å². The minimum Gasteiger partial charge on any atom is -0.550 e. The van der Waals surface area contributed by atoms with Gasteiger partial charge in [-0.05, 0) is 12.8 Å². The van der Waals surface area contributed by atoms with Crippen LogP contribution in [-0.4, -0.2) is 5.97 Å². The molecule has 0 bridgehead atoms. The molecule has 0 fully saturated rings. The van der Waals surface area contributed by atoms with Gasteiger partial charge in [-0.3, -0.25) is 0 Å². The third-order valence-electron chi connectivity index (χ3n) is 3.98. The number of aliphatic carboxylic acids is 1. The summed E-state index contributed by atoms with van der Waals surface area (Å²) in [5.74, 6) is -0.903. The zero-order valence-electron chi connectivity index (χ0n) is 14.3. The largest absolute Gasteiger partial charge is 0.550 e. The predicted molar refractivity (Wildman–Crippen MR) is 84.6 cm³/mol. The van der Waals surface area contributed by atoms with Crippen LogP contribution in [0.15, 0.2) is 0 Å². The number of carboxylic acids is 1. The van der Waals surface area contributed by atoms with Gasteiger partial charge in [-0.15, -0.1) is 0 Å². The fourth-order valence-corrected chi connectivity index (χ4v) is 2.64. The number of unbranched alkanes of at least 4 members (excludes halogenated alkanes) is 14. The van der Waals surface area contributed by atoms with E-state index in [2.05, 4.69) is 6.92 Å². The van der Waals surface area contributed by atoms with Gasteiger partial charge >= 0.3 is 0 Å². The van der Waals surface area contributed by atoms with E-state index >= 15 is 0 Å². The topological polar surface area (TPSA) is 40.1 Å². The van der Waals surface area contributed by atoms with E-state index in [-0.39, 0.29) is 25.9 Å². The first kappa shape index (κ1) is 23.4. The Kier molecular flexibility index (Phi) is 22.4. The quantitative estimate of drug-likeness (QED) is 0.291. The number of hydrogen-bond acceptors (Lipinski definition) is 2. The molecule has 0 aliphatic carbocycles. The Morgan fingerprint density at radius 1 is 0.619 bits per heavy atom. The van der Waals surface area contributed by atoms with Gasteiger partial charge < -0.3 is 9.90 Å². The molecule has 3 heteroatoms. The summed E-state index contributed by atoms with van der Waals surface area (Å²) in [4.78, 5) is 10.2. The van der Waals surface area contributed by atoms with Gasteiger partial charge in [-0.25, -0.2) is 0 Å². The summed E-state index contributed by atoms with van der Waals surface area (Å²) in [6.07, 6.45) is 19.9. The van der Waals surface area contributed by atoms with Crippen LogP contribution >= 0.6 is 0 Å². The average Bonchev–Trinajstić information content (AvgIpc) is 2.43. The zero-order chi connectivity index (χ0) is 14.9. The van der Waals surface area contributed by atoms with Crippen LogP contribution in [0.2, 0.25) is 0 Å². The van der Waals surface area contributed by atoms with Crippen molar-refractivity contribution in [3.05, 3.63) is 0 Å². The predicted octanol–water partition coefficient (Wildman–Crippen LogP) is 5.00. The summed E-state index contributed by atoms with van der Waals surface area (Å²) in [5, 5.41) is 10.2. The van der Waals surface area contributed by atoms with Crippen molar-refractivity contribution in [2.24, 2.45) is 0 Å². The molecule has 0 aliphatic rings. The Morgan fingerprint density at radius 3 is 1.19 bits per heavy atom. The summed E-state index contributed by atoms with van der Waals surface area (Å²) < 4.78 is 0. The molecule has 0 aromatic rings. The normalized spacial score (nSPS) is 10.3. The molecule has 122 valence electrons. The molecule has 0 atom stereocenters. The van der Waals surface area contributed by atoms with Gasteiger partial charge in [0.1, 0.15) is 0 Å². The molecular formula is C18H35O2Zn-. The Labute approximate surface area is 145 Å². The first-order valence-corrected chi connectivity index (χ1v) is 8.97. The summed E-state index contributed by atoms with van der Waals surface area (Å²) in [5.41, 5.74) is 0. The van der Waals surface area contributed by atoms with Crippen molar-refractivity contribution in [2.45, 2.75) is 110 Å². The zero-order valence-corrected chi connectivity index (χ0v) is 17.3. The molecule has 0 rings (SSSR count). The Bertz CT molecular complexity index is 207. The third-order valence-corrected chi connectivity index (χ3v) is 3.98. The van der Waals surface area contributed by atoms with E-state index in [0.29, 0.717) is 0 Å². The third kappa shape index (κ3) is 22.5. The molecule has 0 saturated carbocycles. The van der Waals surface area contributed by atoms with E-state index in [9.17, 15) is 9.90 Å². The Balaban J connectivity index is 0. The average molecular weight is 349 g/mol. The maximum Gasteiger partial charge on any atom is 0.0414 e. The molecule has 0 N–H and O–H groups in total. The minimum absolute atomic E-state index is 0. The van der Waals surface area contributed by atoms with Crippen LogP contribution in [0.5, 0.6) is 0 Å². The molecule has 0 amide bonds. The molecule has 0 aromatic heterocycles. The molecule has 21 heavy (non-hydrogen) atoms. The molecule has 0 spiro atoms. The van der Waals surface area contributed by atoms with Gasteiger partial charge in [0.25, 0.3) is 0 Å². The first-order chi connectivity index (χ1) is 9.77. The second-order valence-electron chi connectivity index (χ2n) is 6.07. The van der Waals surface area contributed by atoms with Crippen molar-refractivity contribution < 1.29 is 29.4 Å². The van der Waals surface area contributed by atoms with Crippen LogP contribution in [0.3, 0.4) is 0 Å². The number of hydrogen-bond donors (Lipinski definition) is 0. The van der Waals surface area contributed by atoms with Crippen molar-refractivity contribution in [3.8, 4) is 0 Å². The van der Waals surface area contributed by atoms with Crippen molar-refractivity contribution >= 4 is 5.97 Å². The SMILES string of the molecule is CCCCCCCCCCCCCCCCCC(=O)[O-].[Zn]. The fourth-order valence-electron chi connectivity index (χ4n) is 2.64. The van der Waals surface area contributed by atoms with E-state index in [0.717, 1.165) is 12.8 Å².